The summed E-state index contributed by atoms with van der Waals surface area (Å²) in [6.07, 6.45) is 2.49. The lowest BCUT2D eigenvalue weighted by atomic mass is 9.91. The van der Waals surface area contributed by atoms with Crippen molar-refractivity contribution in [1.82, 2.24) is 4.98 Å². The van der Waals surface area contributed by atoms with Crippen molar-refractivity contribution in [3.63, 3.8) is 0 Å². The molecule has 0 aliphatic carbocycles. The second kappa shape index (κ2) is 6.81. The van der Waals surface area contributed by atoms with E-state index in [1.54, 1.807) is 0 Å². The fraction of sp³-hybridized carbons (Fsp3) is 0.368. The maximum atomic E-state index is 12.3. The molecule has 2 heterocycles. The minimum atomic E-state index is -0.680. The molecule has 2 atom stereocenters. The number of hydrogen-bond donors (Lipinski definition) is 1. The molecule has 2 unspecified atom stereocenters. The van der Waals surface area contributed by atoms with Gasteiger partial charge in [-0.1, -0.05) is 43.1 Å². The molecule has 1 saturated heterocycles. The van der Waals surface area contributed by atoms with Crippen LogP contribution in [0.25, 0.3) is 0 Å². The van der Waals surface area contributed by atoms with Gasteiger partial charge in [0.15, 0.2) is 0 Å². The summed E-state index contributed by atoms with van der Waals surface area (Å²) in [5.41, 5.74) is 1.24. The van der Waals surface area contributed by atoms with Gasteiger partial charge in [-0.3, -0.25) is 0 Å². The van der Waals surface area contributed by atoms with Crippen LogP contribution in [0.2, 0.25) is 5.02 Å². The van der Waals surface area contributed by atoms with E-state index in [2.05, 4.69) is 17.2 Å². The average molecular weight is 345 g/mol. The highest BCUT2D eigenvalue weighted by Crippen LogP contribution is 2.38. The van der Waals surface area contributed by atoms with Crippen molar-refractivity contribution in [2.75, 3.05) is 5.32 Å². The molecule has 24 heavy (non-hydrogen) atoms. The monoisotopic (exact) mass is 344 g/mol. The molecule has 0 radical (unpaired) electrons. The first-order valence-electron chi connectivity index (χ1n) is 8.21. The van der Waals surface area contributed by atoms with Crippen LogP contribution in [0.1, 0.15) is 37.9 Å². The number of pyridine rings is 1. The van der Waals surface area contributed by atoms with Crippen LogP contribution >= 0.6 is 11.6 Å². The van der Waals surface area contributed by atoms with Crippen molar-refractivity contribution in [3.05, 3.63) is 58.7 Å². The van der Waals surface area contributed by atoms with E-state index in [0.29, 0.717) is 17.3 Å². The molecule has 1 N–H and O–H groups in total. The second-order valence-corrected chi connectivity index (χ2v) is 6.76. The van der Waals surface area contributed by atoms with Crippen LogP contribution in [0, 0.1) is 0 Å². The summed E-state index contributed by atoms with van der Waals surface area (Å²) >= 11 is 6.07. The lowest BCUT2D eigenvalue weighted by Gasteiger charge is -2.23. The van der Waals surface area contributed by atoms with Crippen LogP contribution in [0.4, 0.5) is 5.82 Å². The van der Waals surface area contributed by atoms with Gasteiger partial charge >= 0.3 is 5.97 Å². The van der Waals surface area contributed by atoms with E-state index in [1.807, 2.05) is 49.4 Å². The van der Waals surface area contributed by atoms with Crippen LogP contribution in [0.3, 0.4) is 0 Å². The van der Waals surface area contributed by atoms with Gasteiger partial charge in [0, 0.05) is 17.1 Å². The molecular formula is C19H21ClN2O2. The van der Waals surface area contributed by atoms with Gasteiger partial charge in [0.1, 0.15) is 17.5 Å². The van der Waals surface area contributed by atoms with Gasteiger partial charge in [-0.15, -0.1) is 0 Å². The third-order valence-electron chi connectivity index (χ3n) is 4.27. The molecule has 4 nitrogen and oxygen atoms in total. The van der Waals surface area contributed by atoms with E-state index in [9.17, 15) is 4.79 Å². The number of carbonyl (C=O) groups is 1. The average Bonchev–Trinajstić information content (AvgIpc) is 2.83. The molecule has 0 spiro atoms. The molecule has 1 aromatic heterocycles. The van der Waals surface area contributed by atoms with Crippen LogP contribution in [-0.2, 0) is 21.6 Å². The number of cyclic esters (lactones) is 1. The molecule has 0 saturated carbocycles. The molecule has 1 aromatic carbocycles. The summed E-state index contributed by atoms with van der Waals surface area (Å²) in [5, 5.41) is 3.84. The normalized spacial score (nSPS) is 23.1. The number of rotatable bonds is 5. The fourth-order valence-electron chi connectivity index (χ4n) is 3.05. The first-order chi connectivity index (χ1) is 11.5. The minimum absolute atomic E-state index is 0.264. The Hall–Kier alpha value is -2.07. The summed E-state index contributed by atoms with van der Waals surface area (Å²) in [6, 6.07) is 12.9. The highest BCUT2D eigenvalue weighted by molar-refractivity contribution is 6.30. The molecule has 2 aromatic rings. The van der Waals surface area contributed by atoms with Gasteiger partial charge in [-0.25, -0.2) is 9.78 Å². The van der Waals surface area contributed by atoms with Crippen molar-refractivity contribution in [1.29, 1.82) is 0 Å². The summed E-state index contributed by atoms with van der Waals surface area (Å²) in [4.78, 5) is 16.9. The number of ether oxygens (including phenoxy) is 1. The van der Waals surface area contributed by atoms with E-state index >= 15 is 0 Å². The van der Waals surface area contributed by atoms with E-state index in [4.69, 9.17) is 16.3 Å². The predicted octanol–water partition coefficient (Wildman–Crippen LogP) is 4.33. The Morgan fingerprint density at radius 3 is 2.88 bits per heavy atom. The second-order valence-electron chi connectivity index (χ2n) is 6.33. The zero-order valence-electron chi connectivity index (χ0n) is 13.9. The Morgan fingerprint density at radius 2 is 2.12 bits per heavy atom. The molecule has 3 rings (SSSR count). The molecule has 1 aliphatic rings. The summed E-state index contributed by atoms with van der Waals surface area (Å²) in [5.74, 6) is 0.443. The standard InChI is InChI=1S/C19H21ClN2O2/c1-3-6-15-9-5-10-17(21-15)22-16-12-19(2,24-18(16)23)13-7-4-8-14(20)11-13/h4-5,7-11,16H,3,6,12H2,1-2H3,(H,21,22). The highest BCUT2D eigenvalue weighted by atomic mass is 35.5. The lowest BCUT2D eigenvalue weighted by Crippen LogP contribution is -2.25. The van der Waals surface area contributed by atoms with E-state index in [-0.39, 0.29) is 5.97 Å². The number of aryl methyl sites for hydroxylation is 1. The molecule has 0 amide bonds. The predicted molar refractivity (Wildman–Crippen MR) is 95.2 cm³/mol. The summed E-state index contributed by atoms with van der Waals surface area (Å²) in [6.45, 7) is 4.03. The number of aromatic nitrogens is 1. The van der Waals surface area contributed by atoms with Crippen LogP contribution in [-0.4, -0.2) is 17.0 Å². The number of anilines is 1. The van der Waals surface area contributed by atoms with Crippen molar-refractivity contribution >= 4 is 23.4 Å². The third kappa shape index (κ3) is 3.54. The first-order valence-corrected chi connectivity index (χ1v) is 8.59. The maximum Gasteiger partial charge on any atom is 0.329 e. The fourth-order valence-corrected chi connectivity index (χ4v) is 3.24. The van der Waals surface area contributed by atoms with Crippen molar-refractivity contribution in [2.45, 2.75) is 44.8 Å². The van der Waals surface area contributed by atoms with Crippen molar-refractivity contribution < 1.29 is 9.53 Å². The maximum absolute atomic E-state index is 12.3. The van der Waals surface area contributed by atoms with Gasteiger partial charge in [0.2, 0.25) is 0 Å². The number of benzene rings is 1. The molecule has 1 fully saturated rings. The lowest BCUT2D eigenvalue weighted by molar-refractivity contribution is -0.148. The smallest absolute Gasteiger partial charge is 0.329 e. The number of nitrogens with one attached hydrogen (secondary N) is 1. The number of hydrogen-bond acceptors (Lipinski definition) is 4. The van der Waals surface area contributed by atoms with Gasteiger partial charge in [-0.2, -0.15) is 0 Å². The third-order valence-corrected chi connectivity index (χ3v) is 4.51. The number of nitrogens with zero attached hydrogens (tertiary/aromatic N) is 1. The molecule has 5 heteroatoms. The van der Waals surface area contributed by atoms with E-state index < -0.39 is 11.6 Å². The Morgan fingerprint density at radius 1 is 1.33 bits per heavy atom. The largest absolute Gasteiger partial charge is 0.453 e. The number of esters is 1. The van der Waals surface area contributed by atoms with Gasteiger partial charge in [0.05, 0.1) is 0 Å². The summed E-state index contributed by atoms with van der Waals surface area (Å²) in [7, 11) is 0. The number of carbonyl (C=O) groups excluding carboxylic acids is 1. The quantitative estimate of drug-likeness (QED) is 0.820. The van der Waals surface area contributed by atoms with Crippen LogP contribution in [0.15, 0.2) is 42.5 Å². The van der Waals surface area contributed by atoms with Gasteiger partial charge < -0.3 is 10.1 Å². The van der Waals surface area contributed by atoms with Crippen molar-refractivity contribution in [2.24, 2.45) is 0 Å². The number of halogens is 1. The zero-order valence-corrected chi connectivity index (χ0v) is 14.6. The van der Waals surface area contributed by atoms with Crippen molar-refractivity contribution in [3.8, 4) is 0 Å². The molecular weight excluding hydrogens is 324 g/mol. The Kier molecular flexibility index (Phi) is 4.76. The van der Waals surface area contributed by atoms with E-state index in [1.165, 1.54) is 0 Å². The molecule has 0 bridgehead atoms. The Labute approximate surface area is 147 Å². The van der Waals surface area contributed by atoms with Crippen LogP contribution in [0.5, 0.6) is 0 Å². The van der Waals surface area contributed by atoms with Gasteiger partial charge in [-0.05, 0) is 43.2 Å². The Bertz CT molecular complexity index is 750. The minimum Gasteiger partial charge on any atom is -0.453 e. The molecule has 126 valence electrons. The highest BCUT2D eigenvalue weighted by Gasteiger charge is 2.44. The summed E-state index contributed by atoms with van der Waals surface area (Å²) < 4.78 is 5.66. The Balaban J connectivity index is 1.76. The van der Waals surface area contributed by atoms with Gasteiger partial charge in [0.25, 0.3) is 0 Å². The van der Waals surface area contributed by atoms with Crippen LogP contribution < -0.4 is 5.32 Å². The first kappa shape index (κ1) is 16.8. The van der Waals surface area contributed by atoms with E-state index in [0.717, 1.165) is 24.1 Å². The SMILES string of the molecule is CCCc1cccc(NC2CC(C)(c3cccc(Cl)c3)OC2=O)n1. The molecule has 1 aliphatic heterocycles. The topological polar surface area (TPSA) is 51.2 Å². The zero-order chi connectivity index (χ0) is 17.2.